The highest BCUT2D eigenvalue weighted by molar-refractivity contribution is 4.96. The Labute approximate surface area is 95.6 Å². The van der Waals surface area contributed by atoms with Crippen molar-refractivity contribution in [3.05, 3.63) is 0 Å². The number of hydrogen-bond donors (Lipinski definition) is 2. The van der Waals surface area contributed by atoms with Crippen molar-refractivity contribution in [2.45, 2.75) is 75.1 Å². The smallest absolute Gasteiger partial charge is 0.169 e. The second kappa shape index (κ2) is 3.95. The van der Waals surface area contributed by atoms with Gasteiger partial charge in [0, 0.05) is 25.7 Å². The Morgan fingerprint density at radius 1 is 0.938 bits per heavy atom. The molecule has 16 heavy (non-hydrogen) atoms. The van der Waals surface area contributed by atoms with Crippen molar-refractivity contribution in [3.8, 4) is 0 Å². The lowest BCUT2D eigenvalue weighted by molar-refractivity contribution is -0.198. The van der Waals surface area contributed by atoms with Gasteiger partial charge in [-0.25, -0.2) is 0 Å². The van der Waals surface area contributed by atoms with E-state index in [2.05, 4.69) is 0 Å². The van der Waals surface area contributed by atoms with Gasteiger partial charge in [0.15, 0.2) is 5.79 Å². The van der Waals surface area contributed by atoms with Crippen LogP contribution in [0.15, 0.2) is 0 Å². The van der Waals surface area contributed by atoms with Gasteiger partial charge in [-0.3, -0.25) is 0 Å². The summed E-state index contributed by atoms with van der Waals surface area (Å²) in [6.07, 6.45) is 5.05. The molecular formula is C12H20O4. The van der Waals surface area contributed by atoms with Crippen LogP contribution in [0.4, 0.5) is 0 Å². The highest BCUT2D eigenvalue weighted by Crippen LogP contribution is 2.44. The van der Waals surface area contributed by atoms with Crippen molar-refractivity contribution >= 4 is 0 Å². The predicted molar refractivity (Wildman–Crippen MR) is 56.8 cm³/mol. The molecule has 0 aromatic rings. The Balaban J connectivity index is 1.74. The average Bonchev–Trinajstić information content (AvgIpc) is 2.57. The molecule has 1 spiro atoms. The lowest BCUT2D eigenvalue weighted by Crippen LogP contribution is -2.44. The van der Waals surface area contributed by atoms with E-state index in [-0.39, 0.29) is 12.2 Å². The second-order valence-electron chi connectivity index (χ2n) is 5.40. The van der Waals surface area contributed by atoms with E-state index < -0.39 is 18.0 Å². The predicted octanol–water partition coefficient (Wildman–Crippen LogP) is 0.946. The van der Waals surface area contributed by atoms with E-state index in [4.69, 9.17) is 9.47 Å². The number of aliphatic hydroxyl groups excluding tert-OH is 2. The van der Waals surface area contributed by atoms with Crippen molar-refractivity contribution in [1.29, 1.82) is 0 Å². The van der Waals surface area contributed by atoms with Crippen LogP contribution in [-0.2, 0) is 9.47 Å². The third kappa shape index (κ3) is 1.78. The van der Waals surface area contributed by atoms with Gasteiger partial charge in [0.25, 0.3) is 0 Å². The van der Waals surface area contributed by atoms with Crippen molar-refractivity contribution in [1.82, 2.24) is 0 Å². The molecule has 0 aromatic carbocycles. The molecule has 0 bridgehead atoms. The highest BCUT2D eigenvalue weighted by atomic mass is 16.8. The molecule has 3 fully saturated rings. The maximum atomic E-state index is 9.90. The summed E-state index contributed by atoms with van der Waals surface area (Å²) < 4.78 is 12.0. The summed E-state index contributed by atoms with van der Waals surface area (Å²) in [5, 5.41) is 19.5. The Hall–Kier alpha value is -0.160. The number of ether oxygens (including phenoxy) is 2. The molecule has 3 aliphatic rings. The Morgan fingerprint density at radius 2 is 1.69 bits per heavy atom. The van der Waals surface area contributed by atoms with E-state index in [1.807, 2.05) is 0 Å². The van der Waals surface area contributed by atoms with Crippen LogP contribution in [0.1, 0.15) is 44.9 Å². The first kappa shape index (κ1) is 11.0. The van der Waals surface area contributed by atoms with Gasteiger partial charge in [-0.15, -0.1) is 0 Å². The fourth-order valence-corrected chi connectivity index (χ4v) is 3.31. The molecule has 0 amide bonds. The van der Waals surface area contributed by atoms with Crippen molar-refractivity contribution in [2.24, 2.45) is 0 Å². The molecule has 3 rings (SSSR count). The molecule has 2 N–H and O–H groups in total. The van der Waals surface area contributed by atoms with Gasteiger partial charge in [0.05, 0.1) is 18.3 Å². The summed E-state index contributed by atoms with van der Waals surface area (Å²) in [7, 11) is 0. The molecule has 92 valence electrons. The number of aliphatic hydroxyl groups is 2. The van der Waals surface area contributed by atoms with E-state index >= 15 is 0 Å². The molecular weight excluding hydrogens is 208 g/mol. The molecule has 4 atom stereocenters. The van der Waals surface area contributed by atoms with Crippen LogP contribution in [0.25, 0.3) is 0 Å². The molecule has 2 aliphatic carbocycles. The van der Waals surface area contributed by atoms with E-state index in [0.29, 0.717) is 12.8 Å². The van der Waals surface area contributed by atoms with Gasteiger partial charge in [0.1, 0.15) is 6.10 Å². The largest absolute Gasteiger partial charge is 0.393 e. The first-order chi connectivity index (χ1) is 7.69. The minimum atomic E-state index is -0.574. The van der Waals surface area contributed by atoms with E-state index in [0.717, 1.165) is 25.7 Å². The van der Waals surface area contributed by atoms with Crippen LogP contribution in [0.2, 0.25) is 0 Å². The molecule has 1 aliphatic heterocycles. The van der Waals surface area contributed by atoms with Crippen molar-refractivity contribution in [3.63, 3.8) is 0 Å². The molecule has 0 aromatic heterocycles. The molecule has 1 heterocycles. The first-order valence-electron chi connectivity index (χ1n) is 6.40. The molecule has 4 nitrogen and oxygen atoms in total. The zero-order valence-corrected chi connectivity index (χ0v) is 9.47. The fraction of sp³-hybridized carbons (Fsp3) is 1.00. The van der Waals surface area contributed by atoms with Crippen LogP contribution in [-0.4, -0.2) is 40.4 Å². The summed E-state index contributed by atoms with van der Waals surface area (Å²) in [5.74, 6) is -0.446. The molecule has 2 saturated carbocycles. The third-order valence-electron chi connectivity index (χ3n) is 4.10. The van der Waals surface area contributed by atoms with Gasteiger partial charge in [-0.1, -0.05) is 6.42 Å². The van der Waals surface area contributed by atoms with Crippen molar-refractivity contribution in [2.75, 3.05) is 0 Å². The number of hydrogen-bond acceptors (Lipinski definition) is 4. The van der Waals surface area contributed by atoms with Crippen LogP contribution in [0.3, 0.4) is 0 Å². The van der Waals surface area contributed by atoms with Crippen LogP contribution in [0.5, 0.6) is 0 Å². The van der Waals surface area contributed by atoms with E-state index in [1.54, 1.807) is 0 Å². The van der Waals surface area contributed by atoms with Crippen LogP contribution < -0.4 is 0 Å². The molecule has 0 unspecified atom stereocenters. The van der Waals surface area contributed by atoms with Crippen LogP contribution >= 0.6 is 0 Å². The highest BCUT2D eigenvalue weighted by Gasteiger charge is 2.52. The quantitative estimate of drug-likeness (QED) is 0.648. The van der Waals surface area contributed by atoms with Gasteiger partial charge in [0.2, 0.25) is 0 Å². The van der Waals surface area contributed by atoms with Gasteiger partial charge in [-0.2, -0.15) is 0 Å². The molecule has 0 radical (unpaired) electrons. The minimum absolute atomic E-state index is 0.114. The van der Waals surface area contributed by atoms with E-state index in [9.17, 15) is 10.2 Å². The monoisotopic (exact) mass is 228 g/mol. The number of fused-ring (bicyclic) bond motifs is 1. The topological polar surface area (TPSA) is 58.9 Å². The second-order valence-corrected chi connectivity index (χ2v) is 5.40. The number of rotatable bonds is 0. The Bertz CT molecular complexity index is 262. The average molecular weight is 228 g/mol. The zero-order chi connectivity index (χ0) is 11.2. The normalized spacial score (nSPS) is 46.9. The molecule has 4 heteroatoms. The zero-order valence-electron chi connectivity index (χ0n) is 9.47. The summed E-state index contributed by atoms with van der Waals surface area (Å²) in [6.45, 7) is 0. The fourth-order valence-electron chi connectivity index (χ4n) is 3.31. The summed E-state index contributed by atoms with van der Waals surface area (Å²) >= 11 is 0. The molecule has 1 saturated heterocycles. The minimum Gasteiger partial charge on any atom is -0.393 e. The SMILES string of the molecule is O[C@H]1C[C@@H](O)[C@@H]2OC3(CCCCC3)O[C@@H]2C1. The Morgan fingerprint density at radius 3 is 2.44 bits per heavy atom. The van der Waals surface area contributed by atoms with Gasteiger partial charge < -0.3 is 19.7 Å². The van der Waals surface area contributed by atoms with Crippen molar-refractivity contribution < 1.29 is 19.7 Å². The Kier molecular flexibility index (Phi) is 2.70. The lowest BCUT2D eigenvalue weighted by atomic mass is 9.90. The summed E-state index contributed by atoms with van der Waals surface area (Å²) in [4.78, 5) is 0. The third-order valence-corrected chi connectivity index (χ3v) is 4.10. The lowest BCUT2D eigenvalue weighted by Gasteiger charge is -2.32. The first-order valence-corrected chi connectivity index (χ1v) is 6.40. The maximum absolute atomic E-state index is 9.90. The van der Waals surface area contributed by atoms with Crippen LogP contribution in [0, 0.1) is 0 Å². The van der Waals surface area contributed by atoms with E-state index in [1.165, 1.54) is 6.42 Å². The standard InChI is InChI=1S/C12H20O4/c13-8-6-9(14)11-10(7-8)15-12(16-11)4-2-1-3-5-12/h8-11,13-14H,1-7H2/t8-,9+,10+,11-/m0/s1. The van der Waals surface area contributed by atoms with Gasteiger partial charge >= 0.3 is 0 Å². The summed E-state index contributed by atoms with van der Waals surface area (Å²) in [6, 6.07) is 0. The maximum Gasteiger partial charge on any atom is 0.169 e. The van der Waals surface area contributed by atoms with Gasteiger partial charge in [-0.05, 0) is 12.8 Å². The summed E-state index contributed by atoms with van der Waals surface area (Å²) in [5.41, 5.74) is 0.